The molecule has 0 aromatic heterocycles. The summed E-state index contributed by atoms with van der Waals surface area (Å²) < 4.78 is 6.45. The second kappa shape index (κ2) is 6.93. The van der Waals surface area contributed by atoms with E-state index in [0.717, 1.165) is 10.2 Å². The molecule has 0 radical (unpaired) electrons. The van der Waals surface area contributed by atoms with E-state index in [1.54, 1.807) is 11.8 Å². The summed E-state index contributed by atoms with van der Waals surface area (Å²) in [6, 6.07) is 7.46. The number of benzene rings is 1. The number of hydrogen-bond acceptors (Lipinski definition) is 3. The average Bonchev–Trinajstić information content (AvgIpc) is 2.36. The SMILES string of the molecule is CC(C(=O)O)C1CN(C(=O)CCOc2cccc(Br)c2)C1. The van der Waals surface area contributed by atoms with Crippen LogP contribution in [0.4, 0.5) is 0 Å². The number of carboxylic acid groups (broad SMARTS) is 1. The largest absolute Gasteiger partial charge is 0.493 e. The van der Waals surface area contributed by atoms with Gasteiger partial charge in [0.25, 0.3) is 0 Å². The first kappa shape index (κ1) is 15.8. The average molecular weight is 356 g/mol. The Morgan fingerprint density at radius 2 is 2.19 bits per heavy atom. The van der Waals surface area contributed by atoms with E-state index < -0.39 is 11.9 Å². The van der Waals surface area contributed by atoms with E-state index in [4.69, 9.17) is 9.84 Å². The van der Waals surface area contributed by atoms with Crippen LogP contribution in [0.5, 0.6) is 5.75 Å². The summed E-state index contributed by atoms with van der Waals surface area (Å²) in [4.78, 5) is 24.4. The minimum atomic E-state index is -0.801. The molecule has 1 saturated heterocycles. The van der Waals surface area contributed by atoms with Crippen LogP contribution < -0.4 is 4.74 Å². The quantitative estimate of drug-likeness (QED) is 0.850. The molecular formula is C15H18BrNO4. The lowest BCUT2D eigenvalue weighted by atomic mass is 9.87. The van der Waals surface area contributed by atoms with E-state index >= 15 is 0 Å². The number of carbonyl (C=O) groups is 2. The van der Waals surface area contributed by atoms with E-state index in [-0.39, 0.29) is 11.8 Å². The van der Waals surface area contributed by atoms with Gasteiger partial charge in [0.2, 0.25) is 5.91 Å². The Kier molecular flexibility index (Phi) is 5.22. The van der Waals surface area contributed by atoms with E-state index in [9.17, 15) is 9.59 Å². The van der Waals surface area contributed by atoms with Crippen LogP contribution in [-0.2, 0) is 9.59 Å². The number of carbonyl (C=O) groups excluding carboxylic acids is 1. The van der Waals surface area contributed by atoms with Crippen LogP contribution in [-0.4, -0.2) is 41.6 Å². The van der Waals surface area contributed by atoms with Crippen molar-refractivity contribution in [2.75, 3.05) is 19.7 Å². The van der Waals surface area contributed by atoms with Crippen molar-refractivity contribution >= 4 is 27.8 Å². The topological polar surface area (TPSA) is 66.8 Å². The van der Waals surface area contributed by atoms with Crippen LogP contribution >= 0.6 is 15.9 Å². The maximum absolute atomic E-state index is 11.9. The van der Waals surface area contributed by atoms with Crippen molar-refractivity contribution in [1.82, 2.24) is 4.90 Å². The van der Waals surface area contributed by atoms with Gasteiger partial charge in [-0.3, -0.25) is 9.59 Å². The third-order valence-electron chi connectivity index (χ3n) is 3.74. The highest BCUT2D eigenvalue weighted by Crippen LogP contribution is 2.24. The molecule has 0 spiro atoms. The third-order valence-corrected chi connectivity index (χ3v) is 4.23. The molecule has 0 aliphatic carbocycles. The summed E-state index contributed by atoms with van der Waals surface area (Å²) in [7, 11) is 0. The zero-order valence-electron chi connectivity index (χ0n) is 11.8. The van der Waals surface area contributed by atoms with Crippen LogP contribution in [0.15, 0.2) is 28.7 Å². The number of ether oxygens (including phenoxy) is 1. The van der Waals surface area contributed by atoms with Gasteiger partial charge in [-0.2, -0.15) is 0 Å². The maximum atomic E-state index is 11.9. The highest BCUT2D eigenvalue weighted by atomic mass is 79.9. The van der Waals surface area contributed by atoms with Crippen LogP contribution in [0.25, 0.3) is 0 Å². The summed E-state index contributed by atoms with van der Waals surface area (Å²) >= 11 is 3.36. The van der Waals surface area contributed by atoms with Gasteiger partial charge in [0.05, 0.1) is 18.9 Å². The third kappa shape index (κ3) is 4.20. The first-order valence-corrected chi connectivity index (χ1v) is 7.65. The smallest absolute Gasteiger partial charge is 0.306 e. The minimum Gasteiger partial charge on any atom is -0.493 e. The molecule has 21 heavy (non-hydrogen) atoms. The molecule has 1 aliphatic heterocycles. The van der Waals surface area contributed by atoms with Gasteiger partial charge in [-0.15, -0.1) is 0 Å². The molecule has 1 aromatic rings. The standard InChI is InChI=1S/C15H18BrNO4/c1-10(15(19)20)11-8-17(9-11)14(18)5-6-21-13-4-2-3-12(16)7-13/h2-4,7,10-11H,5-6,8-9H2,1H3,(H,19,20). The zero-order chi connectivity index (χ0) is 15.4. The number of aliphatic carboxylic acids is 1. The Morgan fingerprint density at radius 1 is 1.48 bits per heavy atom. The Hall–Kier alpha value is -1.56. The van der Waals surface area contributed by atoms with Crippen LogP contribution in [0.2, 0.25) is 0 Å². The summed E-state index contributed by atoms with van der Waals surface area (Å²) in [6.07, 6.45) is 0.306. The second-order valence-electron chi connectivity index (χ2n) is 5.24. The molecular weight excluding hydrogens is 338 g/mol. The number of hydrogen-bond donors (Lipinski definition) is 1. The predicted molar refractivity (Wildman–Crippen MR) is 81.1 cm³/mol. The van der Waals surface area contributed by atoms with E-state index in [0.29, 0.717) is 26.1 Å². The van der Waals surface area contributed by atoms with Gasteiger partial charge in [0.1, 0.15) is 5.75 Å². The van der Waals surface area contributed by atoms with Crippen molar-refractivity contribution in [3.05, 3.63) is 28.7 Å². The first-order valence-electron chi connectivity index (χ1n) is 6.86. The number of nitrogens with zero attached hydrogens (tertiary/aromatic N) is 1. The van der Waals surface area contributed by atoms with E-state index in [2.05, 4.69) is 15.9 Å². The highest BCUT2D eigenvalue weighted by molar-refractivity contribution is 9.10. The molecule has 0 saturated carbocycles. The van der Waals surface area contributed by atoms with Crippen molar-refractivity contribution in [3.63, 3.8) is 0 Å². The Bertz CT molecular complexity index is 528. The Morgan fingerprint density at radius 3 is 2.81 bits per heavy atom. The number of halogens is 1. The van der Waals surface area contributed by atoms with Gasteiger partial charge < -0.3 is 14.7 Å². The van der Waals surface area contributed by atoms with Crippen LogP contribution in [0.1, 0.15) is 13.3 Å². The van der Waals surface area contributed by atoms with Crippen molar-refractivity contribution in [2.45, 2.75) is 13.3 Å². The fourth-order valence-corrected chi connectivity index (χ4v) is 2.58. The van der Waals surface area contributed by atoms with Gasteiger partial charge in [0.15, 0.2) is 0 Å². The van der Waals surface area contributed by atoms with Gasteiger partial charge in [-0.25, -0.2) is 0 Å². The molecule has 1 heterocycles. The molecule has 5 nitrogen and oxygen atoms in total. The van der Waals surface area contributed by atoms with Crippen molar-refractivity contribution in [3.8, 4) is 5.75 Å². The van der Waals surface area contributed by atoms with Crippen molar-refractivity contribution in [2.24, 2.45) is 11.8 Å². The van der Waals surface area contributed by atoms with Gasteiger partial charge in [-0.05, 0) is 18.2 Å². The fraction of sp³-hybridized carbons (Fsp3) is 0.467. The van der Waals surface area contributed by atoms with Crippen molar-refractivity contribution < 1.29 is 19.4 Å². The molecule has 2 rings (SSSR count). The Labute approximate surface area is 132 Å². The maximum Gasteiger partial charge on any atom is 0.306 e. The van der Waals surface area contributed by atoms with Gasteiger partial charge >= 0.3 is 5.97 Å². The van der Waals surface area contributed by atoms with Gasteiger partial charge in [-0.1, -0.05) is 28.9 Å². The molecule has 1 amide bonds. The Balaban J connectivity index is 1.69. The zero-order valence-corrected chi connectivity index (χ0v) is 13.4. The molecule has 1 aromatic carbocycles. The van der Waals surface area contributed by atoms with E-state index in [1.807, 2.05) is 24.3 Å². The number of amides is 1. The van der Waals surface area contributed by atoms with Gasteiger partial charge in [0, 0.05) is 23.5 Å². The summed E-state index contributed by atoms with van der Waals surface area (Å²) in [5, 5.41) is 8.90. The summed E-state index contributed by atoms with van der Waals surface area (Å²) in [6.45, 7) is 3.07. The predicted octanol–water partition coefficient (Wildman–Crippen LogP) is 2.40. The molecule has 1 fully saturated rings. The van der Waals surface area contributed by atoms with Crippen LogP contribution in [0.3, 0.4) is 0 Å². The summed E-state index contributed by atoms with van der Waals surface area (Å²) in [5.74, 6) is -0.397. The fourth-order valence-electron chi connectivity index (χ4n) is 2.21. The monoisotopic (exact) mass is 355 g/mol. The molecule has 1 unspecified atom stereocenters. The molecule has 1 atom stereocenters. The highest BCUT2D eigenvalue weighted by Gasteiger charge is 2.36. The molecule has 114 valence electrons. The normalized spacial score (nSPS) is 16.2. The van der Waals surface area contributed by atoms with Crippen molar-refractivity contribution in [1.29, 1.82) is 0 Å². The molecule has 0 bridgehead atoms. The molecule has 1 aliphatic rings. The van der Waals surface area contributed by atoms with Crippen LogP contribution in [0, 0.1) is 11.8 Å². The lowest BCUT2D eigenvalue weighted by molar-refractivity contribution is -0.150. The molecule has 6 heteroatoms. The second-order valence-corrected chi connectivity index (χ2v) is 6.16. The summed E-state index contributed by atoms with van der Waals surface area (Å²) in [5.41, 5.74) is 0. The number of rotatable bonds is 6. The number of carboxylic acids is 1. The molecule has 1 N–H and O–H groups in total. The lowest BCUT2D eigenvalue weighted by Gasteiger charge is -2.41. The minimum absolute atomic E-state index is 0.0128. The number of likely N-dealkylation sites (tertiary alicyclic amines) is 1. The first-order chi connectivity index (χ1) is 9.97. The lowest BCUT2D eigenvalue weighted by Crippen LogP contribution is -2.53. The van der Waals surface area contributed by atoms with E-state index in [1.165, 1.54) is 0 Å².